The standard InChI is InChI=1S/C17H16ClN3O2/c1-10(7-19)17-16(20-15-5-3-12(18)8-21(15)17)11-2-4-13-14(6-11)23-9-22-13/h2-6,8,10H,7,9,19H2,1H3. The molecular formula is C17H16ClN3O2. The molecule has 6 heteroatoms. The summed E-state index contributed by atoms with van der Waals surface area (Å²) < 4.78 is 12.9. The fourth-order valence-corrected chi connectivity index (χ4v) is 3.04. The van der Waals surface area contributed by atoms with Crippen LogP contribution >= 0.6 is 11.6 Å². The Morgan fingerprint density at radius 2 is 2.09 bits per heavy atom. The number of aromatic nitrogens is 2. The van der Waals surface area contributed by atoms with E-state index in [0.29, 0.717) is 11.6 Å². The summed E-state index contributed by atoms with van der Waals surface area (Å²) in [6.07, 6.45) is 1.88. The van der Waals surface area contributed by atoms with Crippen LogP contribution in [0.3, 0.4) is 0 Å². The predicted octanol–water partition coefficient (Wildman–Crippen LogP) is 3.45. The number of nitrogens with two attached hydrogens (primary N) is 1. The van der Waals surface area contributed by atoms with Crippen LogP contribution in [0.2, 0.25) is 5.02 Å². The van der Waals surface area contributed by atoms with Gasteiger partial charge in [-0.3, -0.25) is 0 Å². The van der Waals surface area contributed by atoms with Gasteiger partial charge >= 0.3 is 0 Å². The van der Waals surface area contributed by atoms with Gasteiger partial charge in [0.2, 0.25) is 6.79 Å². The number of fused-ring (bicyclic) bond motifs is 2. The third-order valence-corrected chi connectivity index (χ3v) is 4.31. The maximum Gasteiger partial charge on any atom is 0.231 e. The molecule has 1 atom stereocenters. The zero-order chi connectivity index (χ0) is 16.0. The highest BCUT2D eigenvalue weighted by atomic mass is 35.5. The molecule has 1 aromatic carbocycles. The number of ether oxygens (including phenoxy) is 2. The maximum absolute atomic E-state index is 6.15. The van der Waals surface area contributed by atoms with Crippen molar-refractivity contribution in [2.45, 2.75) is 12.8 Å². The quantitative estimate of drug-likeness (QED) is 0.799. The lowest BCUT2D eigenvalue weighted by Gasteiger charge is -2.12. The molecule has 2 N–H and O–H groups in total. The zero-order valence-electron chi connectivity index (χ0n) is 12.6. The van der Waals surface area contributed by atoms with Crippen molar-refractivity contribution in [1.82, 2.24) is 9.38 Å². The lowest BCUT2D eigenvalue weighted by Crippen LogP contribution is -2.12. The van der Waals surface area contributed by atoms with Crippen molar-refractivity contribution in [2.75, 3.05) is 13.3 Å². The van der Waals surface area contributed by atoms with Crippen LogP contribution in [-0.4, -0.2) is 22.7 Å². The van der Waals surface area contributed by atoms with Gasteiger partial charge in [0.15, 0.2) is 11.5 Å². The highest BCUT2D eigenvalue weighted by molar-refractivity contribution is 6.30. The van der Waals surface area contributed by atoms with E-state index in [1.807, 2.05) is 40.9 Å². The largest absolute Gasteiger partial charge is 0.454 e. The Bertz CT molecular complexity index is 891. The molecule has 1 unspecified atom stereocenters. The summed E-state index contributed by atoms with van der Waals surface area (Å²) >= 11 is 6.15. The van der Waals surface area contributed by atoms with Crippen LogP contribution in [0, 0.1) is 0 Å². The molecule has 0 spiro atoms. The Labute approximate surface area is 138 Å². The number of rotatable bonds is 3. The van der Waals surface area contributed by atoms with Crippen molar-refractivity contribution in [2.24, 2.45) is 5.73 Å². The summed E-state index contributed by atoms with van der Waals surface area (Å²) in [6.45, 7) is 2.87. The molecule has 0 saturated heterocycles. The van der Waals surface area contributed by atoms with Crippen molar-refractivity contribution in [1.29, 1.82) is 0 Å². The first kappa shape index (κ1) is 14.4. The number of hydrogen-bond acceptors (Lipinski definition) is 4. The number of pyridine rings is 1. The van der Waals surface area contributed by atoms with Crippen LogP contribution in [0.15, 0.2) is 36.5 Å². The predicted molar refractivity (Wildman–Crippen MR) is 89.2 cm³/mol. The summed E-state index contributed by atoms with van der Waals surface area (Å²) in [6, 6.07) is 9.60. The van der Waals surface area contributed by atoms with E-state index >= 15 is 0 Å². The summed E-state index contributed by atoms with van der Waals surface area (Å²) in [4.78, 5) is 4.77. The summed E-state index contributed by atoms with van der Waals surface area (Å²) in [7, 11) is 0. The third-order valence-electron chi connectivity index (χ3n) is 4.09. The van der Waals surface area contributed by atoms with E-state index in [1.54, 1.807) is 0 Å². The molecule has 23 heavy (non-hydrogen) atoms. The number of halogens is 1. The van der Waals surface area contributed by atoms with Crippen LogP contribution in [-0.2, 0) is 0 Å². The Morgan fingerprint density at radius 3 is 2.91 bits per heavy atom. The molecule has 3 aromatic rings. The van der Waals surface area contributed by atoms with Crippen molar-refractivity contribution in [3.05, 3.63) is 47.2 Å². The Hall–Kier alpha value is -2.24. The van der Waals surface area contributed by atoms with E-state index in [1.165, 1.54) is 0 Å². The average molecular weight is 330 g/mol. The van der Waals surface area contributed by atoms with Gasteiger partial charge in [0.25, 0.3) is 0 Å². The highest BCUT2D eigenvalue weighted by Crippen LogP contribution is 2.38. The first-order valence-corrected chi connectivity index (χ1v) is 7.83. The van der Waals surface area contributed by atoms with Gasteiger partial charge in [-0.1, -0.05) is 18.5 Å². The molecule has 0 fully saturated rings. The summed E-state index contributed by atoms with van der Waals surface area (Å²) in [5.41, 5.74) is 9.67. The fraction of sp³-hybridized carbons (Fsp3) is 0.235. The van der Waals surface area contributed by atoms with Crippen molar-refractivity contribution >= 4 is 17.2 Å². The number of imidazole rings is 1. The highest BCUT2D eigenvalue weighted by Gasteiger charge is 2.21. The Kier molecular flexibility index (Phi) is 3.39. The fourth-order valence-electron chi connectivity index (χ4n) is 2.88. The molecule has 5 nitrogen and oxygen atoms in total. The third kappa shape index (κ3) is 2.33. The van der Waals surface area contributed by atoms with Gasteiger partial charge in [-0.05, 0) is 30.3 Å². The SMILES string of the molecule is CC(CN)c1c(-c2ccc3c(c2)OCO3)nc2ccc(Cl)cn12. The second-order valence-electron chi connectivity index (χ2n) is 5.63. The molecule has 0 saturated carbocycles. The maximum atomic E-state index is 6.15. The van der Waals surface area contributed by atoms with Crippen LogP contribution in [0.4, 0.5) is 0 Å². The first-order chi connectivity index (χ1) is 11.2. The van der Waals surface area contributed by atoms with Gasteiger partial charge in [-0.25, -0.2) is 4.98 Å². The topological polar surface area (TPSA) is 61.8 Å². The van der Waals surface area contributed by atoms with E-state index < -0.39 is 0 Å². The molecule has 1 aliphatic heterocycles. The minimum absolute atomic E-state index is 0.142. The van der Waals surface area contributed by atoms with Gasteiger partial charge in [-0.15, -0.1) is 0 Å². The molecule has 118 valence electrons. The molecule has 0 aliphatic carbocycles. The second kappa shape index (κ2) is 5.44. The Balaban J connectivity index is 1.95. The lowest BCUT2D eigenvalue weighted by atomic mass is 10.0. The van der Waals surface area contributed by atoms with E-state index in [9.17, 15) is 0 Å². The normalized spacial score (nSPS) is 14.4. The Morgan fingerprint density at radius 1 is 1.26 bits per heavy atom. The molecule has 3 heterocycles. The molecule has 1 aliphatic rings. The number of nitrogens with zero attached hydrogens (tertiary/aromatic N) is 2. The lowest BCUT2D eigenvalue weighted by molar-refractivity contribution is 0.174. The molecular weight excluding hydrogens is 314 g/mol. The van der Waals surface area contributed by atoms with Crippen molar-refractivity contribution < 1.29 is 9.47 Å². The molecule has 0 bridgehead atoms. The van der Waals surface area contributed by atoms with E-state index in [2.05, 4.69) is 6.92 Å². The van der Waals surface area contributed by atoms with Crippen LogP contribution in [0.25, 0.3) is 16.9 Å². The minimum Gasteiger partial charge on any atom is -0.454 e. The molecule has 0 radical (unpaired) electrons. The summed E-state index contributed by atoms with van der Waals surface area (Å²) in [5.74, 6) is 1.64. The zero-order valence-corrected chi connectivity index (χ0v) is 13.4. The van der Waals surface area contributed by atoms with Crippen LogP contribution in [0.1, 0.15) is 18.5 Å². The van der Waals surface area contributed by atoms with Crippen molar-refractivity contribution in [3.63, 3.8) is 0 Å². The van der Waals surface area contributed by atoms with Crippen LogP contribution in [0.5, 0.6) is 11.5 Å². The smallest absolute Gasteiger partial charge is 0.231 e. The van der Waals surface area contributed by atoms with Gasteiger partial charge in [0, 0.05) is 24.2 Å². The van der Waals surface area contributed by atoms with Crippen molar-refractivity contribution in [3.8, 4) is 22.8 Å². The van der Waals surface area contributed by atoms with Gasteiger partial charge < -0.3 is 19.6 Å². The number of benzene rings is 1. The van der Waals surface area contributed by atoms with E-state index in [4.69, 9.17) is 31.8 Å². The average Bonchev–Trinajstić information content (AvgIpc) is 3.17. The van der Waals surface area contributed by atoms with Gasteiger partial charge in [0.05, 0.1) is 16.4 Å². The monoisotopic (exact) mass is 329 g/mol. The number of hydrogen-bond donors (Lipinski definition) is 1. The molecule has 4 rings (SSSR count). The first-order valence-electron chi connectivity index (χ1n) is 7.45. The van der Waals surface area contributed by atoms with Crippen LogP contribution < -0.4 is 15.2 Å². The minimum atomic E-state index is 0.142. The molecule has 2 aromatic heterocycles. The van der Waals surface area contributed by atoms with Gasteiger partial charge in [-0.2, -0.15) is 0 Å². The molecule has 0 amide bonds. The summed E-state index contributed by atoms with van der Waals surface area (Å²) in [5, 5.41) is 0.664. The second-order valence-corrected chi connectivity index (χ2v) is 6.06. The van der Waals surface area contributed by atoms with Gasteiger partial charge in [0.1, 0.15) is 5.65 Å². The van der Waals surface area contributed by atoms with E-state index in [0.717, 1.165) is 34.1 Å². The van der Waals surface area contributed by atoms with E-state index in [-0.39, 0.29) is 12.7 Å².